The Hall–Kier alpha value is -1.07. The molecule has 19 heavy (non-hydrogen) atoms. The fourth-order valence-corrected chi connectivity index (χ4v) is 3.32. The topological polar surface area (TPSA) is 63.4 Å². The Morgan fingerprint density at radius 3 is 2.53 bits per heavy atom. The SMILES string of the molecule is CCN(CC)C(=O)C(C)S(=O)c1cc(N)ccc1Cl. The van der Waals surface area contributed by atoms with Crippen LogP contribution in [0.2, 0.25) is 5.02 Å². The highest BCUT2D eigenvalue weighted by molar-refractivity contribution is 7.86. The maximum absolute atomic E-state index is 12.4. The van der Waals surface area contributed by atoms with Gasteiger partial charge in [-0.3, -0.25) is 9.00 Å². The van der Waals surface area contributed by atoms with Crippen molar-refractivity contribution < 1.29 is 9.00 Å². The third kappa shape index (κ3) is 3.70. The smallest absolute Gasteiger partial charge is 0.238 e. The quantitative estimate of drug-likeness (QED) is 0.849. The summed E-state index contributed by atoms with van der Waals surface area (Å²) < 4.78 is 12.4. The number of hydrogen-bond acceptors (Lipinski definition) is 3. The standard InChI is InChI=1S/C13H19ClN2O2S/c1-4-16(5-2)13(17)9(3)19(18)12-8-10(15)6-7-11(12)14/h6-9H,4-5,15H2,1-3H3. The lowest BCUT2D eigenvalue weighted by Gasteiger charge is -2.22. The van der Waals surface area contributed by atoms with Crippen molar-refractivity contribution in [3.63, 3.8) is 0 Å². The molecule has 2 unspecified atom stereocenters. The maximum atomic E-state index is 12.4. The third-order valence-electron chi connectivity index (χ3n) is 2.92. The van der Waals surface area contributed by atoms with Crippen LogP contribution in [0.1, 0.15) is 20.8 Å². The Balaban J connectivity index is 2.99. The van der Waals surface area contributed by atoms with Gasteiger partial charge in [0.1, 0.15) is 5.25 Å². The molecule has 106 valence electrons. The minimum absolute atomic E-state index is 0.137. The summed E-state index contributed by atoms with van der Waals surface area (Å²) in [5.41, 5.74) is 6.15. The van der Waals surface area contributed by atoms with Crippen LogP contribution in [0.15, 0.2) is 23.1 Å². The monoisotopic (exact) mass is 302 g/mol. The van der Waals surface area contributed by atoms with Crippen molar-refractivity contribution in [2.45, 2.75) is 30.9 Å². The molecule has 0 radical (unpaired) electrons. The van der Waals surface area contributed by atoms with E-state index in [1.165, 1.54) is 0 Å². The van der Waals surface area contributed by atoms with Crippen molar-refractivity contribution >= 4 is 34.0 Å². The zero-order chi connectivity index (χ0) is 14.6. The normalized spacial score (nSPS) is 13.9. The third-order valence-corrected chi connectivity index (χ3v) is 4.97. The lowest BCUT2D eigenvalue weighted by atomic mass is 10.3. The summed E-state index contributed by atoms with van der Waals surface area (Å²) in [6.45, 7) is 6.63. The van der Waals surface area contributed by atoms with Gasteiger partial charge in [0.05, 0.1) is 20.7 Å². The van der Waals surface area contributed by atoms with Gasteiger partial charge in [-0.25, -0.2) is 0 Å². The van der Waals surface area contributed by atoms with Gasteiger partial charge in [-0.2, -0.15) is 0 Å². The summed E-state index contributed by atoms with van der Waals surface area (Å²) in [5, 5.41) is -0.272. The van der Waals surface area contributed by atoms with Gasteiger partial charge >= 0.3 is 0 Å². The molecule has 0 aliphatic carbocycles. The second-order valence-electron chi connectivity index (χ2n) is 4.14. The number of anilines is 1. The van der Waals surface area contributed by atoms with Crippen LogP contribution in [-0.2, 0) is 15.6 Å². The molecule has 0 bridgehead atoms. The van der Waals surface area contributed by atoms with Crippen LogP contribution in [0.5, 0.6) is 0 Å². The average Bonchev–Trinajstić information content (AvgIpc) is 2.41. The van der Waals surface area contributed by atoms with Gasteiger partial charge < -0.3 is 10.6 Å². The molecule has 0 saturated carbocycles. The molecule has 1 aromatic rings. The number of carbonyl (C=O) groups excluding carboxylic acids is 1. The first-order chi connectivity index (χ1) is 8.92. The molecule has 0 aliphatic heterocycles. The lowest BCUT2D eigenvalue weighted by molar-refractivity contribution is -0.129. The molecule has 0 aromatic heterocycles. The van der Waals surface area contributed by atoms with E-state index in [1.807, 2.05) is 13.8 Å². The Kier molecular flexibility index (Phi) is 5.82. The van der Waals surface area contributed by atoms with Crippen LogP contribution >= 0.6 is 11.6 Å². The second kappa shape index (κ2) is 6.91. The molecular weight excluding hydrogens is 284 g/mol. The van der Waals surface area contributed by atoms with E-state index < -0.39 is 16.0 Å². The van der Waals surface area contributed by atoms with E-state index in [2.05, 4.69) is 0 Å². The Morgan fingerprint density at radius 1 is 1.42 bits per heavy atom. The zero-order valence-corrected chi connectivity index (χ0v) is 12.9. The van der Waals surface area contributed by atoms with Gasteiger partial charge in [0.25, 0.3) is 0 Å². The number of benzene rings is 1. The number of carbonyl (C=O) groups is 1. The summed E-state index contributed by atoms with van der Waals surface area (Å²) in [4.78, 5) is 14.2. The lowest BCUT2D eigenvalue weighted by Crippen LogP contribution is -2.39. The van der Waals surface area contributed by atoms with Gasteiger partial charge in [-0.1, -0.05) is 11.6 Å². The molecule has 1 amide bonds. The van der Waals surface area contributed by atoms with Crippen LogP contribution in [-0.4, -0.2) is 33.4 Å². The Bertz CT molecular complexity index is 490. The minimum Gasteiger partial charge on any atom is -0.399 e. The minimum atomic E-state index is -1.51. The first-order valence-corrected chi connectivity index (χ1v) is 7.75. The van der Waals surface area contributed by atoms with E-state index in [1.54, 1.807) is 30.0 Å². The summed E-state index contributed by atoms with van der Waals surface area (Å²) in [5.74, 6) is -0.137. The molecule has 6 heteroatoms. The molecule has 1 aromatic carbocycles. The van der Waals surface area contributed by atoms with E-state index in [9.17, 15) is 9.00 Å². The van der Waals surface area contributed by atoms with Crippen molar-refractivity contribution in [3.05, 3.63) is 23.2 Å². The largest absolute Gasteiger partial charge is 0.399 e. The van der Waals surface area contributed by atoms with Crippen LogP contribution in [0, 0.1) is 0 Å². The molecule has 0 heterocycles. The predicted molar refractivity (Wildman–Crippen MR) is 79.7 cm³/mol. The summed E-state index contributed by atoms with van der Waals surface area (Å²) in [7, 11) is -1.51. The number of hydrogen-bond donors (Lipinski definition) is 1. The number of nitrogens with two attached hydrogens (primary N) is 1. The van der Waals surface area contributed by atoms with Crippen LogP contribution in [0.4, 0.5) is 5.69 Å². The number of halogens is 1. The molecular formula is C13H19ClN2O2S. The number of nitrogens with zero attached hydrogens (tertiary/aromatic N) is 1. The predicted octanol–water partition coefficient (Wildman–Crippen LogP) is 2.29. The molecule has 1 rings (SSSR count). The van der Waals surface area contributed by atoms with Crippen molar-refractivity contribution in [2.75, 3.05) is 18.8 Å². The highest BCUT2D eigenvalue weighted by Crippen LogP contribution is 2.25. The van der Waals surface area contributed by atoms with Crippen molar-refractivity contribution in [3.8, 4) is 0 Å². The first-order valence-electron chi connectivity index (χ1n) is 6.16. The van der Waals surface area contributed by atoms with E-state index in [0.29, 0.717) is 28.7 Å². The van der Waals surface area contributed by atoms with Crippen LogP contribution in [0.25, 0.3) is 0 Å². The van der Waals surface area contributed by atoms with Crippen molar-refractivity contribution in [1.29, 1.82) is 0 Å². The van der Waals surface area contributed by atoms with E-state index in [4.69, 9.17) is 17.3 Å². The molecule has 2 N–H and O–H groups in total. The van der Waals surface area contributed by atoms with E-state index in [0.717, 1.165) is 0 Å². The van der Waals surface area contributed by atoms with Gasteiger partial charge in [0.2, 0.25) is 5.91 Å². The number of rotatable bonds is 5. The maximum Gasteiger partial charge on any atom is 0.238 e. The average molecular weight is 303 g/mol. The van der Waals surface area contributed by atoms with E-state index >= 15 is 0 Å². The number of nitrogen functional groups attached to an aromatic ring is 1. The van der Waals surface area contributed by atoms with Crippen LogP contribution in [0.3, 0.4) is 0 Å². The molecule has 0 aliphatic rings. The summed E-state index contributed by atoms with van der Waals surface area (Å²) in [6, 6.07) is 4.79. The summed E-state index contributed by atoms with van der Waals surface area (Å²) >= 11 is 6.01. The molecule has 4 nitrogen and oxygen atoms in total. The second-order valence-corrected chi connectivity index (χ2v) is 6.29. The summed E-state index contributed by atoms with van der Waals surface area (Å²) in [6.07, 6.45) is 0. The fraction of sp³-hybridized carbons (Fsp3) is 0.462. The Labute approximate surface area is 121 Å². The highest BCUT2D eigenvalue weighted by Gasteiger charge is 2.26. The Morgan fingerprint density at radius 2 is 2.00 bits per heavy atom. The van der Waals surface area contributed by atoms with Gasteiger partial charge in [0, 0.05) is 18.8 Å². The zero-order valence-electron chi connectivity index (χ0n) is 11.4. The highest BCUT2D eigenvalue weighted by atomic mass is 35.5. The fourth-order valence-electron chi connectivity index (χ4n) is 1.75. The first kappa shape index (κ1) is 16.0. The molecule has 0 fully saturated rings. The molecule has 0 saturated heterocycles. The molecule has 0 spiro atoms. The number of amides is 1. The van der Waals surface area contributed by atoms with Crippen LogP contribution < -0.4 is 5.73 Å². The van der Waals surface area contributed by atoms with Gasteiger partial charge in [-0.05, 0) is 39.0 Å². The van der Waals surface area contributed by atoms with Crippen molar-refractivity contribution in [1.82, 2.24) is 4.90 Å². The molecule has 2 atom stereocenters. The van der Waals surface area contributed by atoms with Gasteiger partial charge in [-0.15, -0.1) is 0 Å². The van der Waals surface area contributed by atoms with Crippen molar-refractivity contribution in [2.24, 2.45) is 0 Å². The van der Waals surface area contributed by atoms with E-state index in [-0.39, 0.29) is 5.91 Å². The van der Waals surface area contributed by atoms with Gasteiger partial charge in [0.15, 0.2) is 0 Å².